The first kappa shape index (κ1) is 26.1. The number of carbonyl (C=O) groups is 1. The number of aryl methyl sites for hydroxylation is 1. The van der Waals surface area contributed by atoms with Crippen LogP contribution in [0.25, 0.3) is 0 Å². The van der Waals surface area contributed by atoms with Gasteiger partial charge in [0.15, 0.2) is 0 Å². The van der Waals surface area contributed by atoms with Crippen LogP contribution in [0.5, 0.6) is 11.6 Å². The number of rotatable bonds is 8. The number of ether oxygens (including phenoxy) is 1. The van der Waals surface area contributed by atoms with Crippen molar-refractivity contribution in [3.05, 3.63) is 77.7 Å². The van der Waals surface area contributed by atoms with Crippen LogP contribution in [0.3, 0.4) is 0 Å². The third-order valence-corrected chi connectivity index (χ3v) is 8.25. The Hall–Kier alpha value is -2.95. The second-order valence-corrected chi connectivity index (χ2v) is 11.3. The SMILES string of the molecule is CSc1cccc(Oc2ncc(F)cc2C(=O)NC2CCC(NS(=O)(=O)c3cccc(C)c3)CC2)c1. The molecule has 0 aliphatic heterocycles. The normalized spacial score (nSPS) is 18.0. The molecule has 1 saturated carbocycles. The van der Waals surface area contributed by atoms with Crippen molar-refractivity contribution in [2.45, 2.75) is 54.5 Å². The molecule has 190 valence electrons. The van der Waals surface area contributed by atoms with Crippen molar-refractivity contribution in [1.82, 2.24) is 15.0 Å². The van der Waals surface area contributed by atoms with Crippen LogP contribution in [-0.4, -0.2) is 37.6 Å². The maximum Gasteiger partial charge on any atom is 0.257 e. The molecule has 0 spiro atoms. The van der Waals surface area contributed by atoms with Gasteiger partial charge >= 0.3 is 0 Å². The van der Waals surface area contributed by atoms with Gasteiger partial charge in [-0.1, -0.05) is 18.2 Å². The first-order valence-corrected chi connectivity index (χ1v) is 14.3. The number of benzene rings is 2. The minimum Gasteiger partial charge on any atom is -0.438 e. The van der Waals surface area contributed by atoms with Crippen molar-refractivity contribution < 1.29 is 22.3 Å². The fourth-order valence-corrected chi connectivity index (χ4v) is 5.99. The monoisotopic (exact) mass is 529 g/mol. The Morgan fingerprint density at radius 1 is 1.06 bits per heavy atom. The van der Waals surface area contributed by atoms with Crippen LogP contribution in [0.1, 0.15) is 41.6 Å². The van der Waals surface area contributed by atoms with Gasteiger partial charge in [0, 0.05) is 17.0 Å². The third-order valence-electron chi connectivity index (χ3n) is 6.00. The number of nitrogens with zero attached hydrogens (tertiary/aromatic N) is 1. The Bertz CT molecular complexity index is 1340. The van der Waals surface area contributed by atoms with Crippen molar-refractivity contribution in [2.75, 3.05) is 6.26 Å². The van der Waals surface area contributed by atoms with E-state index in [0.717, 1.165) is 22.7 Å². The average Bonchev–Trinajstić information content (AvgIpc) is 2.86. The fourth-order valence-electron chi connectivity index (χ4n) is 4.14. The van der Waals surface area contributed by atoms with E-state index in [4.69, 9.17) is 4.74 Å². The van der Waals surface area contributed by atoms with E-state index in [-0.39, 0.29) is 28.4 Å². The molecule has 1 heterocycles. The number of nitrogens with one attached hydrogen (secondary N) is 2. The fraction of sp³-hybridized carbons (Fsp3) is 0.308. The van der Waals surface area contributed by atoms with Crippen LogP contribution in [0.4, 0.5) is 4.39 Å². The lowest BCUT2D eigenvalue weighted by Gasteiger charge is -2.29. The number of hydrogen-bond donors (Lipinski definition) is 2. The van der Waals surface area contributed by atoms with E-state index in [0.29, 0.717) is 31.4 Å². The Balaban J connectivity index is 1.38. The number of amides is 1. The van der Waals surface area contributed by atoms with Crippen LogP contribution in [0.2, 0.25) is 0 Å². The number of halogens is 1. The highest BCUT2D eigenvalue weighted by atomic mass is 32.2. The highest BCUT2D eigenvalue weighted by molar-refractivity contribution is 7.98. The molecule has 10 heteroatoms. The molecular formula is C26H28FN3O4S2. The summed E-state index contributed by atoms with van der Waals surface area (Å²) in [5.74, 6) is -0.607. The third kappa shape index (κ3) is 6.63. The highest BCUT2D eigenvalue weighted by Crippen LogP contribution is 2.28. The first-order valence-electron chi connectivity index (χ1n) is 11.6. The summed E-state index contributed by atoms with van der Waals surface area (Å²) in [7, 11) is -3.62. The summed E-state index contributed by atoms with van der Waals surface area (Å²) in [6.07, 6.45) is 5.26. The molecule has 1 amide bonds. The molecule has 4 rings (SSSR count). The quantitative estimate of drug-likeness (QED) is 0.396. The van der Waals surface area contributed by atoms with Gasteiger partial charge in [0.1, 0.15) is 17.1 Å². The molecule has 7 nitrogen and oxygen atoms in total. The summed E-state index contributed by atoms with van der Waals surface area (Å²) in [4.78, 5) is 18.2. The van der Waals surface area contributed by atoms with Crippen LogP contribution < -0.4 is 14.8 Å². The summed E-state index contributed by atoms with van der Waals surface area (Å²) < 4.78 is 48.0. The van der Waals surface area contributed by atoms with Gasteiger partial charge in [-0.05, 0) is 80.8 Å². The van der Waals surface area contributed by atoms with Gasteiger partial charge in [-0.2, -0.15) is 0 Å². The number of sulfonamides is 1. The van der Waals surface area contributed by atoms with E-state index in [1.165, 1.54) is 0 Å². The molecule has 0 unspecified atom stereocenters. The van der Waals surface area contributed by atoms with Gasteiger partial charge in [0.2, 0.25) is 15.9 Å². The number of aromatic nitrogens is 1. The molecule has 0 bridgehead atoms. The van der Waals surface area contributed by atoms with Crippen molar-refractivity contribution in [1.29, 1.82) is 0 Å². The maximum absolute atomic E-state index is 14.0. The molecule has 0 radical (unpaired) electrons. The minimum atomic E-state index is -3.62. The number of carbonyl (C=O) groups excluding carboxylic acids is 1. The summed E-state index contributed by atoms with van der Waals surface area (Å²) in [6.45, 7) is 1.85. The second-order valence-electron chi connectivity index (χ2n) is 8.75. The zero-order valence-corrected chi connectivity index (χ0v) is 21.7. The predicted molar refractivity (Wildman–Crippen MR) is 138 cm³/mol. The molecule has 1 aliphatic carbocycles. The van der Waals surface area contributed by atoms with Crippen LogP contribution in [0.15, 0.2) is 70.6 Å². The van der Waals surface area contributed by atoms with Crippen molar-refractivity contribution in [2.24, 2.45) is 0 Å². The molecule has 1 aliphatic rings. The molecular weight excluding hydrogens is 501 g/mol. The topological polar surface area (TPSA) is 97.4 Å². The molecule has 0 saturated heterocycles. The minimum absolute atomic E-state index is 0.00632. The average molecular weight is 530 g/mol. The smallest absolute Gasteiger partial charge is 0.257 e. The van der Waals surface area contributed by atoms with Gasteiger partial charge in [0.25, 0.3) is 5.91 Å². The predicted octanol–water partition coefficient (Wildman–Crippen LogP) is 5.06. The molecule has 2 aromatic carbocycles. The molecule has 2 N–H and O–H groups in total. The zero-order chi connectivity index (χ0) is 25.7. The van der Waals surface area contributed by atoms with E-state index >= 15 is 0 Å². The standard InChI is InChI=1S/C26H28FN3O4S2/c1-17-5-3-8-23(13-17)36(32,33)30-20-11-9-19(10-12-20)29-25(31)24-14-18(27)16-28-26(24)34-21-6-4-7-22(15-21)35-2/h3-8,13-16,19-20,30H,9-12H2,1-2H3,(H,29,31). The van der Waals surface area contributed by atoms with Crippen LogP contribution in [0, 0.1) is 12.7 Å². The van der Waals surface area contributed by atoms with E-state index in [1.807, 2.05) is 37.4 Å². The van der Waals surface area contributed by atoms with Crippen LogP contribution in [-0.2, 0) is 10.0 Å². The van der Waals surface area contributed by atoms with Gasteiger partial charge in [0.05, 0.1) is 11.1 Å². The van der Waals surface area contributed by atoms with Gasteiger partial charge in [-0.15, -0.1) is 11.8 Å². The molecule has 1 aromatic heterocycles. The molecule has 1 fully saturated rings. The summed E-state index contributed by atoms with van der Waals surface area (Å²) in [5.41, 5.74) is 0.878. The molecule has 0 atom stereocenters. The van der Waals surface area contributed by atoms with Crippen molar-refractivity contribution >= 4 is 27.7 Å². The largest absolute Gasteiger partial charge is 0.438 e. The lowest BCUT2D eigenvalue weighted by Crippen LogP contribution is -2.43. The Labute approximate surface area is 214 Å². The lowest BCUT2D eigenvalue weighted by atomic mass is 9.91. The second kappa shape index (κ2) is 11.4. The summed E-state index contributed by atoms with van der Waals surface area (Å²) in [5, 5.41) is 2.93. The van der Waals surface area contributed by atoms with Crippen LogP contribution >= 0.6 is 11.8 Å². The first-order chi connectivity index (χ1) is 17.2. The van der Waals surface area contributed by atoms with Crippen molar-refractivity contribution in [3.8, 4) is 11.6 Å². The van der Waals surface area contributed by atoms with E-state index in [1.54, 1.807) is 36.0 Å². The Morgan fingerprint density at radius 2 is 1.78 bits per heavy atom. The van der Waals surface area contributed by atoms with Gasteiger partial charge in [-0.25, -0.2) is 22.5 Å². The Morgan fingerprint density at radius 3 is 2.50 bits per heavy atom. The number of pyridine rings is 1. The summed E-state index contributed by atoms with van der Waals surface area (Å²) >= 11 is 1.55. The molecule has 36 heavy (non-hydrogen) atoms. The van der Waals surface area contributed by atoms with Gasteiger partial charge in [-0.3, -0.25) is 4.79 Å². The lowest BCUT2D eigenvalue weighted by molar-refractivity contribution is 0.0921. The zero-order valence-electron chi connectivity index (χ0n) is 20.0. The van der Waals surface area contributed by atoms with Crippen molar-refractivity contribution in [3.63, 3.8) is 0 Å². The summed E-state index contributed by atoms with van der Waals surface area (Å²) in [6, 6.07) is 14.8. The highest BCUT2D eigenvalue weighted by Gasteiger charge is 2.28. The maximum atomic E-state index is 14.0. The van der Waals surface area contributed by atoms with E-state index in [2.05, 4.69) is 15.0 Å². The number of hydrogen-bond acceptors (Lipinski definition) is 6. The van der Waals surface area contributed by atoms with E-state index in [9.17, 15) is 17.6 Å². The molecule has 3 aromatic rings. The van der Waals surface area contributed by atoms with Gasteiger partial charge < -0.3 is 10.1 Å². The number of thioether (sulfide) groups is 1. The van der Waals surface area contributed by atoms with E-state index < -0.39 is 21.7 Å². The Kier molecular flexibility index (Phi) is 8.28.